The summed E-state index contributed by atoms with van der Waals surface area (Å²) in [6.07, 6.45) is 1.91. The van der Waals surface area contributed by atoms with Crippen molar-refractivity contribution in [1.82, 2.24) is 0 Å². The summed E-state index contributed by atoms with van der Waals surface area (Å²) in [7, 11) is -3.66. The second-order valence-electron chi connectivity index (χ2n) is 8.88. The third-order valence-electron chi connectivity index (χ3n) is 3.09. The highest BCUT2D eigenvalue weighted by molar-refractivity contribution is 7.55. The summed E-state index contributed by atoms with van der Waals surface area (Å²) in [6, 6.07) is 0. The van der Waals surface area contributed by atoms with Crippen LogP contribution in [0.2, 0.25) is 0 Å². The predicted molar refractivity (Wildman–Crippen MR) is 91.3 cm³/mol. The maximum absolute atomic E-state index is 12.3. The van der Waals surface area contributed by atoms with Gasteiger partial charge in [-0.1, -0.05) is 60.0 Å². The van der Waals surface area contributed by atoms with E-state index in [-0.39, 0.29) is 22.7 Å². The first-order chi connectivity index (χ1) is 9.76. The molecular formula is C16H36NO4P+. The van der Waals surface area contributed by atoms with Gasteiger partial charge in [0.1, 0.15) is 13.2 Å². The maximum Gasteiger partial charge on any atom is 0.628 e. The third kappa shape index (κ3) is 11.8. The van der Waals surface area contributed by atoms with Crippen LogP contribution in [0.4, 0.5) is 0 Å². The molecule has 2 atom stereocenters. The lowest BCUT2D eigenvalue weighted by atomic mass is 9.86. The highest BCUT2D eigenvalue weighted by atomic mass is 31.2. The van der Waals surface area contributed by atoms with Crippen molar-refractivity contribution in [2.24, 2.45) is 28.6 Å². The second kappa shape index (κ2) is 8.91. The van der Waals surface area contributed by atoms with E-state index in [1.165, 1.54) is 0 Å². The van der Waals surface area contributed by atoms with Crippen LogP contribution in [0.5, 0.6) is 0 Å². The molecule has 22 heavy (non-hydrogen) atoms. The maximum atomic E-state index is 12.3. The minimum absolute atomic E-state index is 0.193. The van der Waals surface area contributed by atoms with Crippen molar-refractivity contribution in [3.63, 3.8) is 0 Å². The lowest BCUT2D eigenvalue weighted by Gasteiger charge is -2.24. The molecule has 0 aromatic rings. The molecule has 6 heteroatoms. The average Bonchev–Trinajstić information content (AvgIpc) is 2.30. The molecule has 0 amide bonds. The van der Waals surface area contributed by atoms with Crippen molar-refractivity contribution in [2.45, 2.75) is 68.2 Å². The van der Waals surface area contributed by atoms with Crippen LogP contribution in [0, 0.1) is 22.7 Å². The molecule has 0 rings (SSSR count). The summed E-state index contributed by atoms with van der Waals surface area (Å²) in [4.78, 5) is 12.3. The van der Waals surface area contributed by atoms with Crippen molar-refractivity contribution < 1.29 is 18.6 Å². The van der Waals surface area contributed by atoms with E-state index in [2.05, 4.69) is 46.2 Å². The van der Waals surface area contributed by atoms with Crippen LogP contribution in [0.1, 0.15) is 68.2 Å². The topological polar surface area (TPSA) is 73.6 Å². The van der Waals surface area contributed by atoms with E-state index in [4.69, 9.17) is 14.9 Å². The molecule has 0 aliphatic heterocycles. The molecule has 0 aromatic carbocycles. The Labute approximate surface area is 137 Å². The summed E-state index contributed by atoms with van der Waals surface area (Å²) >= 11 is 0. The first-order valence-electron chi connectivity index (χ1n) is 8.04. The molecule has 0 heterocycles. The number of hydrogen-bond acceptors (Lipinski definition) is 4. The summed E-state index contributed by atoms with van der Waals surface area (Å²) in [5.41, 5.74) is 0.386. The van der Waals surface area contributed by atoms with Gasteiger partial charge < -0.3 is 0 Å². The number of hydrogen-bond donors (Lipinski definition) is 1. The van der Waals surface area contributed by atoms with Crippen LogP contribution in [-0.2, 0) is 18.6 Å². The van der Waals surface area contributed by atoms with E-state index in [1.807, 2.05) is 13.8 Å². The molecule has 0 saturated carbocycles. The van der Waals surface area contributed by atoms with Gasteiger partial charge in [0.2, 0.25) is 0 Å². The van der Waals surface area contributed by atoms with Gasteiger partial charge in [-0.05, 0) is 35.5 Å². The van der Waals surface area contributed by atoms with Crippen molar-refractivity contribution >= 4 is 8.17 Å². The van der Waals surface area contributed by atoms with Crippen molar-refractivity contribution in [3.05, 3.63) is 0 Å². The monoisotopic (exact) mass is 337 g/mol. The van der Waals surface area contributed by atoms with Gasteiger partial charge in [0.25, 0.3) is 0 Å². The summed E-state index contributed by atoms with van der Waals surface area (Å²) in [6.45, 7) is 17.7. The summed E-state index contributed by atoms with van der Waals surface area (Å²) in [5, 5.41) is 0. The highest BCUT2D eigenvalue weighted by Gasteiger charge is 2.49. The summed E-state index contributed by atoms with van der Waals surface area (Å²) in [5.74, 6) is 5.62. The molecule has 2 unspecified atom stereocenters. The van der Waals surface area contributed by atoms with Crippen LogP contribution >= 0.6 is 8.17 Å². The van der Waals surface area contributed by atoms with Crippen LogP contribution in [0.15, 0.2) is 0 Å². The highest BCUT2D eigenvalue weighted by Crippen LogP contribution is 2.58. The van der Waals surface area contributed by atoms with Gasteiger partial charge in [-0.25, -0.2) is 0 Å². The normalized spacial score (nSPS) is 18.8. The Morgan fingerprint density at radius 2 is 1.18 bits per heavy atom. The van der Waals surface area contributed by atoms with E-state index in [9.17, 15) is 4.89 Å². The fourth-order valence-corrected chi connectivity index (χ4v) is 3.81. The van der Waals surface area contributed by atoms with E-state index in [0.717, 1.165) is 12.8 Å². The molecule has 1 radical (unpaired) electrons. The lowest BCUT2D eigenvalue weighted by Crippen LogP contribution is -2.20. The Kier molecular flexibility index (Phi) is 9.00. The van der Waals surface area contributed by atoms with E-state index in [0.29, 0.717) is 13.2 Å². The minimum Gasteiger partial charge on any atom is -0.167 e. The molecule has 0 bridgehead atoms. The Balaban J connectivity index is 4.29. The average molecular weight is 337 g/mol. The molecule has 5 nitrogen and oxygen atoms in total. The predicted octanol–water partition coefficient (Wildman–Crippen LogP) is 5.16. The molecule has 0 aliphatic carbocycles. The minimum atomic E-state index is -3.66. The lowest BCUT2D eigenvalue weighted by molar-refractivity contribution is 0.0384. The standard InChI is InChI=1S/C16H36NO4P/c1-13(9-15(3,4)5)11-19-22(18,21-17)20-12-14(2)10-16(6,7)8/h13-14H,9-12,17H2,1-8H3/q+1. The van der Waals surface area contributed by atoms with Gasteiger partial charge in [0.15, 0.2) is 0 Å². The smallest absolute Gasteiger partial charge is 0.167 e. The number of nitrogens with two attached hydrogens (primary N) is 1. The molecule has 0 saturated heterocycles. The first-order valence-corrected chi connectivity index (χ1v) is 9.50. The van der Waals surface area contributed by atoms with Crippen LogP contribution in [-0.4, -0.2) is 13.2 Å². The molecular weight excluding hydrogens is 301 g/mol. The van der Waals surface area contributed by atoms with E-state index >= 15 is 0 Å². The molecule has 2 N–H and O–H groups in total. The van der Waals surface area contributed by atoms with Gasteiger partial charge in [0.05, 0.1) is 4.89 Å². The number of rotatable bonds is 9. The largest absolute Gasteiger partial charge is 0.628 e. The Morgan fingerprint density at radius 3 is 1.41 bits per heavy atom. The van der Waals surface area contributed by atoms with E-state index < -0.39 is 8.17 Å². The van der Waals surface area contributed by atoms with Gasteiger partial charge in [-0.3, -0.25) is 0 Å². The quantitative estimate of drug-likeness (QED) is 0.466. The van der Waals surface area contributed by atoms with Crippen molar-refractivity contribution in [2.75, 3.05) is 13.2 Å². The fraction of sp³-hybridized carbons (Fsp3) is 1.00. The van der Waals surface area contributed by atoms with Gasteiger partial charge in [-0.15, -0.1) is 9.05 Å². The Bertz CT molecular complexity index is 286. The first kappa shape index (κ1) is 22.2. The van der Waals surface area contributed by atoms with Crippen LogP contribution in [0.25, 0.3) is 0 Å². The van der Waals surface area contributed by atoms with Gasteiger partial charge in [0, 0.05) is 0 Å². The molecule has 0 aliphatic rings. The van der Waals surface area contributed by atoms with Gasteiger partial charge >= 0.3 is 8.17 Å². The van der Waals surface area contributed by atoms with Crippen LogP contribution < -0.4 is 5.90 Å². The second-order valence-corrected chi connectivity index (χ2v) is 10.5. The molecule has 133 valence electrons. The van der Waals surface area contributed by atoms with Gasteiger partial charge in [-0.2, -0.15) is 5.90 Å². The Hall–Kier alpha value is 0.230. The SMILES string of the molecule is CC(CO[P+]([O])(ON)OCC(C)CC(C)(C)C)CC(C)(C)C. The molecule has 0 spiro atoms. The Morgan fingerprint density at radius 1 is 0.864 bits per heavy atom. The molecule has 0 fully saturated rings. The zero-order chi connectivity index (χ0) is 17.6. The zero-order valence-corrected chi connectivity index (χ0v) is 16.5. The van der Waals surface area contributed by atoms with Crippen molar-refractivity contribution in [3.8, 4) is 0 Å². The summed E-state index contributed by atoms with van der Waals surface area (Å²) < 4.78 is 15.2. The van der Waals surface area contributed by atoms with E-state index in [1.54, 1.807) is 0 Å². The van der Waals surface area contributed by atoms with Crippen LogP contribution in [0.3, 0.4) is 0 Å². The zero-order valence-electron chi connectivity index (χ0n) is 15.6. The molecule has 0 aromatic heterocycles. The third-order valence-corrected chi connectivity index (χ3v) is 4.27. The fourth-order valence-electron chi connectivity index (χ4n) is 2.74. The van der Waals surface area contributed by atoms with Crippen molar-refractivity contribution in [1.29, 1.82) is 0 Å².